The summed E-state index contributed by atoms with van der Waals surface area (Å²) in [4.78, 5) is 4.52. The third-order valence-corrected chi connectivity index (χ3v) is 4.35. The number of rotatable bonds is 5. The fraction of sp³-hybridized carbons (Fsp3) is 0.333. The number of hydrogen-bond donors (Lipinski definition) is 0. The number of aromatic nitrogens is 2. The molecule has 6 heteroatoms. The standard InChI is InChI=1S/C21H24N2O4/c1-21(2,3)15-9-7-13(8-10-15)19-22-20(27-23-19)14-11-16(24-4)18(26-6)17(12-14)25-5/h7-12H,1-6H3. The number of ether oxygens (including phenoxy) is 3. The lowest BCUT2D eigenvalue weighted by atomic mass is 9.87. The molecule has 0 amide bonds. The molecule has 0 aliphatic rings. The Morgan fingerprint density at radius 3 is 1.89 bits per heavy atom. The van der Waals surface area contributed by atoms with Gasteiger partial charge in [-0.15, -0.1) is 0 Å². The van der Waals surface area contributed by atoms with E-state index in [2.05, 4.69) is 43.0 Å². The van der Waals surface area contributed by atoms with Crippen LogP contribution in [0.1, 0.15) is 26.3 Å². The lowest BCUT2D eigenvalue weighted by molar-refractivity contribution is 0.324. The maximum atomic E-state index is 5.46. The highest BCUT2D eigenvalue weighted by Gasteiger charge is 2.19. The van der Waals surface area contributed by atoms with Crippen molar-refractivity contribution in [2.75, 3.05) is 21.3 Å². The molecule has 0 bridgehead atoms. The minimum Gasteiger partial charge on any atom is -0.493 e. The van der Waals surface area contributed by atoms with E-state index in [4.69, 9.17) is 18.7 Å². The summed E-state index contributed by atoms with van der Waals surface area (Å²) in [6, 6.07) is 11.7. The Hall–Kier alpha value is -3.02. The van der Waals surface area contributed by atoms with Gasteiger partial charge in [-0.25, -0.2) is 0 Å². The Morgan fingerprint density at radius 2 is 1.41 bits per heavy atom. The van der Waals surface area contributed by atoms with Gasteiger partial charge in [-0.3, -0.25) is 0 Å². The van der Waals surface area contributed by atoms with Crippen LogP contribution in [0, 0.1) is 0 Å². The predicted octanol–water partition coefficient (Wildman–Crippen LogP) is 4.73. The molecule has 0 radical (unpaired) electrons. The van der Waals surface area contributed by atoms with Crippen molar-refractivity contribution >= 4 is 0 Å². The van der Waals surface area contributed by atoms with E-state index >= 15 is 0 Å². The quantitative estimate of drug-likeness (QED) is 0.649. The van der Waals surface area contributed by atoms with Crippen molar-refractivity contribution in [3.05, 3.63) is 42.0 Å². The Bertz CT molecular complexity index is 899. The molecule has 0 saturated carbocycles. The van der Waals surface area contributed by atoms with E-state index < -0.39 is 0 Å². The zero-order chi connectivity index (χ0) is 19.6. The van der Waals surface area contributed by atoms with Gasteiger partial charge in [-0.2, -0.15) is 4.98 Å². The summed E-state index contributed by atoms with van der Waals surface area (Å²) in [5, 5.41) is 4.11. The number of hydrogen-bond acceptors (Lipinski definition) is 6. The van der Waals surface area contributed by atoms with E-state index in [9.17, 15) is 0 Å². The highest BCUT2D eigenvalue weighted by molar-refractivity contribution is 5.67. The summed E-state index contributed by atoms with van der Waals surface area (Å²) in [5.74, 6) is 2.48. The first-order valence-electron chi connectivity index (χ1n) is 8.62. The van der Waals surface area contributed by atoms with Crippen molar-refractivity contribution in [3.8, 4) is 40.1 Å². The minimum atomic E-state index is 0.0944. The van der Waals surface area contributed by atoms with Crippen LogP contribution in [0.25, 0.3) is 22.8 Å². The van der Waals surface area contributed by atoms with Crippen LogP contribution in [0.15, 0.2) is 40.9 Å². The van der Waals surface area contributed by atoms with E-state index in [0.717, 1.165) is 5.56 Å². The summed E-state index contributed by atoms with van der Waals surface area (Å²) in [7, 11) is 4.69. The fourth-order valence-corrected chi connectivity index (χ4v) is 2.78. The minimum absolute atomic E-state index is 0.0944. The molecule has 3 aromatic rings. The SMILES string of the molecule is COc1cc(-c2nc(-c3ccc(C(C)(C)C)cc3)no2)cc(OC)c1OC. The molecular weight excluding hydrogens is 344 g/mol. The normalized spacial score (nSPS) is 11.3. The molecule has 0 atom stereocenters. The van der Waals surface area contributed by atoms with Crippen LogP contribution < -0.4 is 14.2 Å². The van der Waals surface area contributed by atoms with E-state index in [-0.39, 0.29) is 5.41 Å². The van der Waals surface area contributed by atoms with Gasteiger partial charge in [0.1, 0.15) is 0 Å². The molecule has 142 valence electrons. The summed E-state index contributed by atoms with van der Waals surface area (Å²) in [5.41, 5.74) is 2.93. The van der Waals surface area contributed by atoms with Crippen molar-refractivity contribution in [2.24, 2.45) is 0 Å². The third-order valence-electron chi connectivity index (χ3n) is 4.35. The van der Waals surface area contributed by atoms with Crippen LogP contribution in [0.4, 0.5) is 0 Å². The smallest absolute Gasteiger partial charge is 0.258 e. The van der Waals surface area contributed by atoms with Crippen molar-refractivity contribution in [1.29, 1.82) is 0 Å². The first-order valence-corrected chi connectivity index (χ1v) is 8.62. The second-order valence-electron chi connectivity index (χ2n) is 7.16. The Balaban J connectivity index is 1.96. The van der Waals surface area contributed by atoms with Gasteiger partial charge in [0, 0.05) is 11.1 Å². The zero-order valence-corrected chi connectivity index (χ0v) is 16.5. The van der Waals surface area contributed by atoms with Crippen LogP contribution in [0.2, 0.25) is 0 Å². The maximum Gasteiger partial charge on any atom is 0.258 e. The van der Waals surface area contributed by atoms with Gasteiger partial charge in [0.2, 0.25) is 11.6 Å². The molecule has 0 saturated heterocycles. The van der Waals surface area contributed by atoms with Crippen LogP contribution in [-0.2, 0) is 5.41 Å². The van der Waals surface area contributed by atoms with E-state index in [1.807, 2.05) is 12.1 Å². The van der Waals surface area contributed by atoms with Crippen LogP contribution >= 0.6 is 0 Å². The molecule has 6 nitrogen and oxygen atoms in total. The van der Waals surface area contributed by atoms with Crippen molar-refractivity contribution in [3.63, 3.8) is 0 Å². The highest BCUT2D eigenvalue weighted by atomic mass is 16.5. The molecule has 3 rings (SSSR count). The predicted molar refractivity (Wildman–Crippen MR) is 104 cm³/mol. The lowest BCUT2D eigenvalue weighted by Gasteiger charge is -2.18. The highest BCUT2D eigenvalue weighted by Crippen LogP contribution is 2.41. The first kappa shape index (κ1) is 18.8. The van der Waals surface area contributed by atoms with Crippen LogP contribution in [-0.4, -0.2) is 31.5 Å². The molecule has 1 heterocycles. The van der Waals surface area contributed by atoms with Gasteiger partial charge in [-0.1, -0.05) is 50.2 Å². The first-order chi connectivity index (χ1) is 12.9. The second kappa shape index (κ2) is 7.31. The van der Waals surface area contributed by atoms with Crippen molar-refractivity contribution in [1.82, 2.24) is 10.1 Å². The fourth-order valence-electron chi connectivity index (χ4n) is 2.78. The van der Waals surface area contributed by atoms with E-state index in [1.54, 1.807) is 33.5 Å². The van der Waals surface area contributed by atoms with Crippen molar-refractivity contribution < 1.29 is 18.7 Å². The molecule has 0 unspecified atom stereocenters. The van der Waals surface area contributed by atoms with Gasteiger partial charge in [0.25, 0.3) is 5.89 Å². The molecule has 0 spiro atoms. The third kappa shape index (κ3) is 3.74. The molecule has 2 aromatic carbocycles. The maximum absolute atomic E-state index is 5.46. The summed E-state index contributed by atoms with van der Waals surface area (Å²) < 4.78 is 21.6. The summed E-state index contributed by atoms with van der Waals surface area (Å²) in [6.07, 6.45) is 0. The van der Waals surface area contributed by atoms with Gasteiger partial charge in [0.05, 0.1) is 21.3 Å². The number of benzene rings is 2. The van der Waals surface area contributed by atoms with Gasteiger partial charge in [0.15, 0.2) is 11.5 Å². The lowest BCUT2D eigenvalue weighted by Crippen LogP contribution is -2.10. The van der Waals surface area contributed by atoms with Crippen LogP contribution in [0.5, 0.6) is 17.2 Å². The van der Waals surface area contributed by atoms with Crippen LogP contribution in [0.3, 0.4) is 0 Å². The average molecular weight is 368 g/mol. The van der Waals surface area contributed by atoms with Gasteiger partial charge < -0.3 is 18.7 Å². The Morgan fingerprint density at radius 1 is 0.815 bits per heavy atom. The van der Waals surface area contributed by atoms with E-state index in [0.29, 0.717) is 34.5 Å². The van der Waals surface area contributed by atoms with Gasteiger partial charge in [-0.05, 0) is 23.1 Å². The molecule has 27 heavy (non-hydrogen) atoms. The molecule has 1 aromatic heterocycles. The molecule has 0 aliphatic heterocycles. The molecular formula is C21H24N2O4. The second-order valence-corrected chi connectivity index (χ2v) is 7.16. The zero-order valence-electron chi connectivity index (χ0n) is 16.5. The summed E-state index contributed by atoms with van der Waals surface area (Å²) >= 11 is 0. The van der Waals surface area contributed by atoms with Gasteiger partial charge >= 0.3 is 0 Å². The average Bonchev–Trinajstić information content (AvgIpc) is 3.16. The number of nitrogens with zero attached hydrogens (tertiary/aromatic N) is 2. The topological polar surface area (TPSA) is 66.6 Å². The summed E-state index contributed by atoms with van der Waals surface area (Å²) in [6.45, 7) is 6.54. The molecule has 0 N–H and O–H groups in total. The largest absolute Gasteiger partial charge is 0.493 e. The van der Waals surface area contributed by atoms with E-state index in [1.165, 1.54) is 5.56 Å². The van der Waals surface area contributed by atoms with Crippen molar-refractivity contribution in [2.45, 2.75) is 26.2 Å². The Kier molecular flexibility index (Phi) is 5.08. The Labute approximate surface area is 159 Å². The molecule has 0 aliphatic carbocycles. The number of methoxy groups -OCH3 is 3. The molecule has 0 fully saturated rings. The monoisotopic (exact) mass is 368 g/mol.